The summed E-state index contributed by atoms with van der Waals surface area (Å²) in [6.07, 6.45) is 2.63. The predicted octanol–water partition coefficient (Wildman–Crippen LogP) is 2.91. The quantitative estimate of drug-likeness (QED) is 0.696. The van der Waals surface area contributed by atoms with E-state index in [2.05, 4.69) is 11.8 Å². The third kappa shape index (κ3) is 2.39. The molecule has 0 spiro atoms. The molecule has 0 aromatic carbocycles. The molecule has 1 heterocycles. The Morgan fingerprint density at radius 3 is 2.57 bits per heavy atom. The van der Waals surface area contributed by atoms with Crippen molar-refractivity contribution in [1.29, 1.82) is 0 Å². The van der Waals surface area contributed by atoms with Gasteiger partial charge in [-0.3, -0.25) is 4.79 Å². The number of fused-ring (bicyclic) bond motifs is 1. The van der Waals surface area contributed by atoms with E-state index in [9.17, 15) is 9.59 Å². The van der Waals surface area contributed by atoms with Gasteiger partial charge in [0.1, 0.15) is 0 Å². The van der Waals surface area contributed by atoms with Crippen LogP contribution < -0.4 is 0 Å². The maximum Gasteiger partial charge on any atom is 0.226 e. The molecule has 0 bridgehead atoms. The number of carbonyl (C=O) groups is 2. The average molecular weight is 288 g/mol. The number of nitrogens with zero attached hydrogens (tertiary/aromatic N) is 2. The zero-order chi connectivity index (χ0) is 16.0. The summed E-state index contributed by atoms with van der Waals surface area (Å²) in [4.78, 5) is 30.0. The highest BCUT2D eigenvalue weighted by Gasteiger charge is 2.53. The van der Waals surface area contributed by atoms with Crippen molar-refractivity contribution in [3.05, 3.63) is 23.2 Å². The largest absolute Gasteiger partial charge is 0.342 e. The molecule has 2 aliphatic rings. The van der Waals surface area contributed by atoms with Gasteiger partial charge in [0.25, 0.3) is 0 Å². The first kappa shape index (κ1) is 15.8. The number of amides is 1. The van der Waals surface area contributed by atoms with Gasteiger partial charge in [-0.15, -0.1) is 0 Å². The van der Waals surface area contributed by atoms with Gasteiger partial charge in [0, 0.05) is 24.4 Å². The lowest BCUT2D eigenvalue weighted by atomic mass is 9.55. The molecule has 2 atom stereocenters. The van der Waals surface area contributed by atoms with Crippen LogP contribution in [0.1, 0.15) is 41.0 Å². The van der Waals surface area contributed by atoms with Crippen LogP contribution in [-0.2, 0) is 9.59 Å². The number of hydrogen-bond acceptors (Lipinski definition) is 2. The summed E-state index contributed by atoms with van der Waals surface area (Å²) < 4.78 is 0. The Kier molecular flexibility index (Phi) is 3.73. The van der Waals surface area contributed by atoms with Crippen LogP contribution in [0.3, 0.4) is 0 Å². The number of carbonyl (C=O) groups excluding carboxylic acids is 2. The smallest absolute Gasteiger partial charge is 0.226 e. The van der Waals surface area contributed by atoms with Crippen LogP contribution in [0.5, 0.6) is 0 Å². The Bertz CT molecular complexity index is 554. The monoisotopic (exact) mass is 288 g/mol. The van der Waals surface area contributed by atoms with Crippen LogP contribution in [0, 0.1) is 29.2 Å². The molecule has 0 unspecified atom stereocenters. The summed E-state index contributed by atoms with van der Waals surface area (Å²) in [6, 6.07) is 0. The van der Waals surface area contributed by atoms with Gasteiger partial charge in [0.2, 0.25) is 11.6 Å². The van der Waals surface area contributed by atoms with Crippen molar-refractivity contribution in [2.24, 2.45) is 22.7 Å². The molecule has 2 rings (SSSR count). The second kappa shape index (κ2) is 4.98. The Hall–Kier alpha value is -1.63. The molecular weight excluding hydrogens is 264 g/mol. The minimum absolute atomic E-state index is 0.0207. The van der Waals surface area contributed by atoms with Crippen molar-refractivity contribution >= 4 is 11.7 Å². The van der Waals surface area contributed by atoms with Crippen molar-refractivity contribution < 1.29 is 9.59 Å². The molecule has 1 amide bonds. The Morgan fingerprint density at radius 1 is 1.43 bits per heavy atom. The molecule has 0 saturated carbocycles. The minimum Gasteiger partial charge on any atom is -0.342 e. The second-order valence-electron chi connectivity index (χ2n) is 7.45. The SMILES string of the molecule is [C-]#[N+]C1=C[C@]2(C)CN(C(=O)C(C)C)CC[C@H]2C(C)(C)C1=O. The van der Waals surface area contributed by atoms with E-state index in [1.54, 1.807) is 0 Å². The normalized spacial score (nSPS) is 31.5. The molecule has 21 heavy (non-hydrogen) atoms. The number of rotatable bonds is 1. The first-order chi connectivity index (χ1) is 9.63. The number of Topliss-reactive ketones (excluding diaryl/α,β-unsaturated/α-hetero) is 1. The van der Waals surface area contributed by atoms with E-state index in [1.165, 1.54) is 0 Å². The van der Waals surface area contributed by atoms with E-state index in [0.29, 0.717) is 13.1 Å². The maximum atomic E-state index is 12.4. The lowest BCUT2D eigenvalue weighted by Gasteiger charge is -2.53. The molecule has 1 aliphatic heterocycles. The highest BCUT2D eigenvalue weighted by atomic mass is 16.2. The summed E-state index contributed by atoms with van der Waals surface area (Å²) in [6.45, 7) is 18.3. The Balaban J connectivity index is 2.40. The number of ketones is 1. The van der Waals surface area contributed by atoms with Crippen molar-refractivity contribution in [3.8, 4) is 0 Å². The van der Waals surface area contributed by atoms with Gasteiger partial charge in [-0.05, 0) is 17.8 Å². The van der Waals surface area contributed by atoms with E-state index in [0.717, 1.165) is 6.42 Å². The van der Waals surface area contributed by atoms with E-state index in [-0.39, 0.29) is 34.6 Å². The fourth-order valence-electron chi connectivity index (χ4n) is 4.05. The first-order valence-corrected chi connectivity index (χ1v) is 7.57. The van der Waals surface area contributed by atoms with Gasteiger partial charge < -0.3 is 9.69 Å². The van der Waals surface area contributed by atoms with Crippen LogP contribution >= 0.6 is 0 Å². The summed E-state index contributed by atoms with van der Waals surface area (Å²) in [7, 11) is 0. The molecule has 4 nitrogen and oxygen atoms in total. The fourth-order valence-corrected chi connectivity index (χ4v) is 4.05. The number of likely N-dealkylation sites (tertiary alicyclic amines) is 1. The Morgan fingerprint density at radius 2 is 2.05 bits per heavy atom. The first-order valence-electron chi connectivity index (χ1n) is 7.57. The Labute approximate surface area is 127 Å². The van der Waals surface area contributed by atoms with E-state index >= 15 is 0 Å². The molecule has 0 aromatic heterocycles. The molecule has 114 valence electrons. The zero-order valence-corrected chi connectivity index (χ0v) is 13.6. The van der Waals surface area contributed by atoms with Crippen LogP contribution in [0.25, 0.3) is 4.85 Å². The third-order valence-electron chi connectivity index (χ3n) is 5.10. The topological polar surface area (TPSA) is 41.7 Å². The van der Waals surface area contributed by atoms with Gasteiger partial charge >= 0.3 is 0 Å². The number of piperidine rings is 1. The van der Waals surface area contributed by atoms with Gasteiger partial charge in [0.05, 0.1) is 6.57 Å². The van der Waals surface area contributed by atoms with E-state index < -0.39 is 5.41 Å². The highest BCUT2D eigenvalue weighted by molar-refractivity contribution is 6.02. The summed E-state index contributed by atoms with van der Waals surface area (Å²) in [5.41, 5.74) is -0.589. The predicted molar refractivity (Wildman–Crippen MR) is 81.1 cm³/mol. The van der Waals surface area contributed by atoms with Crippen LogP contribution in [0.15, 0.2) is 11.8 Å². The molecular formula is C17H24N2O2. The lowest BCUT2D eigenvalue weighted by Crippen LogP contribution is -2.57. The lowest BCUT2D eigenvalue weighted by molar-refractivity contribution is -0.143. The molecule has 1 fully saturated rings. The van der Waals surface area contributed by atoms with Crippen molar-refractivity contribution in [1.82, 2.24) is 4.90 Å². The van der Waals surface area contributed by atoms with Crippen LogP contribution in [0.2, 0.25) is 0 Å². The molecule has 0 aromatic rings. The van der Waals surface area contributed by atoms with Crippen molar-refractivity contribution in [3.63, 3.8) is 0 Å². The van der Waals surface area contributed by atoms with E-state index in [1.807, 2.05) is 38.7 Å². The average Bonchev–Trinajstić information content (AvgIpc) is 2.41. The van der Waals surface area contributed by atoms with Gasteiger partial charge in [-0.25, -0.2) is 4.85 Å². The fraction of sp³-hybridized carbons (Fsp3) is 0.706. The van der Waals surface area contributed by atoms with Crippen molar-refractivity contribution in [2.75, 3.05) is 13.1 Å². The summed E-state index contributed by atoms with van der Waals surface area (Å²) in [5.74, 6) is 0.262. The molecule has 4 heteroatoms. The second-order valence-corrected chi connectivity index (χ2v) is 7.45. The minimum atomic E-state index is -0.531. The van der Waals surface area contributed by atoms with Crippen molar-refractivity contribution in [2.45, 2.75) is 41.0 Å². The summed E-state index contributed by atoms with van der Waals surface area (Å²) in [5, 5.41) is 0. The van der Waals surface area contributed by atoms with Gasteiger partial charge in [0.15, 0.2) is 5.78 Å². The van der Waals surface area contributed by atoms with Crippen LogP contribution in [0.4, 0.5) is 0 Å². The van der Waals surface area contributed by atoms with Crippen LogP contribution in [-0.4, -0.2) is 29.7 Å². The number of allylic oxidation sites excluding steroid dienone is 1. The highest BCUT2D eigenvalue weighted by Crippen LogP contribution is 2.52. The molecule has 1 aliphatic carbocycles. The third-order valence-corrected chi connectivity index (χ3v) is 5.10. The standard InChI is InChI=1S/C17H24N2O2/c1-11(2)15(21)19-8-7-13-16(3,4)14(20)12(18-6)9-17(13,5)10-19/h9,11,13H,7-8,10H2,1-5H3/t13-,17+/m0/s1. The zero-order valence-electron chi connectivity index (χ0n) is 13.6. The molecule has 0 N–H and O–H groups in total. The summed E-state index contributed by atoms with van der Waals surface area (Å²) >= 11 is 0. The maximum absolute atomic E-state index is 12.4. The molecule has 1 saturated heterocycles. The number of hydrogen-bond donors (Lipinski definition) is 0. The molecule has 0 radical (unpaired) electrons. The van der Waals surface area contributed by atoms with E-state index in [4.69, 9.17) is 6.57 Å². The van der Waals surface area contributed by atoms with Gasteiger partial charge in [-0.2, -0.15) is 0 Å². The van der Waals surface area contributed by atoms with Gasteiger partial charge in [-0.1, -0.05) is 40.7 Å².